The van der Waals surface area contributed by atoms with Crippen molar-refractivity contribution in [3.63, 3.8) is 0 Å². The zero-order chi connectivity index (χ0) is 22.1. The normalized spacial score (nSPS) is 14.2. The average Bonchev–Trinajstić information content (AvgIpc) is 2.77. The first kappa shape index (κ1) is 22.7. The molecule has 0 unspecified atom stereocenters. The number of hydrogen-bond acceptors (Lipinski definition) is 5. The van der Waals surface area contributed by atoms with Crippen LogP contribution in [0, 0.1) is 0 Å². The summed E-state index contributed by atoms with van der Waals surface area (Å²) >= 11 is 0. The number of piperazine rings is 1. The summed E-state index contributed by atoms with van der Waals surface area (Å²) in [6.45, 7) is 11.7. The third kappa shape index (κ3) is 6.28. The van der Waals surface area contributed by atoms with E-state index < -0.39 is 0 Å². The fourth-order valence-corrected chi connectivity index (χ4v) is 3.80. The molecule has 1 amide bonds. The lowest BCUT2D eigenvalue weighted by Crippen LogP contribution is -3.15. The number of amides is 1. The number of carbonyl (C=O) groups excluding carboxylic acids is 1. The van der Waals surface area contributed by atoms with E-state index in [1.807, 2.05) is 57.2 Å². The van der Waals surface area contributed by atoms with Crippen LogP contribution < -0.4 is 29.3 Å². The molecule has 2 aromatic carbocycles. The molecule has 0 spiro atoms. The quantitative estimate of drug-likeness (QED) is 0.608. The van der Waals surface area contributed by atoms with Crippen molar-refractivity contribution in [3.8, 4) is 17.2 Å². The van der Waals surface area contributed by atoms with Crippen molar-refractivity contribution >= 4 is 17.3 Å². The minimum absolute atomic E-state index is 0.00442. The Bertz CT molecular complexity index is 850. The van der Waals surface area contributed by atoms with Gasteiger partial charge in [0, 0.05) is 11.8 Å². The van der Waals surface area contributed by atoms with Gasteiger partial charge < -0.3 is 29.3 Å². The number of hydrogen-bond donors (Lipinski definition) is 2. The third-order valence-electron chi connectivity index (χ3n) is 5.21. The molecular formula is C24H34N3O4+. The van der Waals surface area contributed by atoms with Gasteiger partial charge in [0.1, 0.15) is 5.75 Å². The summed E-state index contributed by atoms with van der Waals surface area (Å²) in [6.07, 6.45) is 0. The molecule has 0 bridgehead atoms. The van der Waals surface area contributed by atoms with Gasteiger partial charge in [-0.05, 0) is 45.0 Å². The van der Waals surface area contributed by atoms with E-state index in [1.54, 1.807) is 0 Å². The van der Waals surface area contributed by atoms with Gasteiger partial charge in [-0.25, -0.2) is 0 Å². The number of anilines is 2. The van der Waals surface area contributed by atoms with Gasteiger partial charge in [-0.1, -0.05) is 12.1 Å². The van der Waals surface area contributed by atoms with Gasteiger partial charge in [0.05, 0.1) is 51.7 Å². The van der Waals surface area contributed by atoms with Crippen LogP contribution in [0.5, 0.6) is 17.2 Å². The van der Waals surface area contributed by atoms with Gasteiger partial charge in [-0.3, -0.25) is 4.79 Å². The number of nitrogens with zero attached hydrogens (tertiary/aromatic N) is 1. The van der Waals surface area contributed by atoms with E-state index in [9.17, 15) is 4.79 Å². The van der Waals surface area contributed by atoms with Crippen LogP contribution in [0.25, 0.3) is 0 Å². The van der Waals surface area contributed by atoms with Crippen LogP contribution in [0.15, 0.2) is 42.5 Å². The minimum Gasteiger partial charge on any atom is -0.492 e. The zero-order valence-electron chi connectivity index (χ0n) is 18.8. The summed E-state index contributed by atoms with van der Waals surface area (Å²) in [5.41, 5.74) is 1.85. The van der Waals surface area contributed by atoms with Crippen molar-refractivity contribution in [3.05, 3.63) is 42.5 Å². The van der Waals surface area contributed by atoms with Gasteiger partial charge in [-0.15, -0.1) is 0 Å². The fraction of sp³-hybridized carbons (Fsp3) is 0.458. The van der Waals surface area contributed by atoms with E-state index in [4.69, 9.17) is 14.2 Å². The van der Waals surface area contributed by atoms with Crippen molar-refractivity contribution in [2.45, 2.75) is 20.8 Å². The molecule has 1 saturated heterocycles. The Morgan fingerprint density at radius 1 is 0.903 bits per heavy atom. The molecule has 0 saturated carbocycles. The number of nitrogens with one attached hydrogen (secondary N) is 2. The molecule has 7 heteroatoms. The Morgan fingerprint density at radius 3 is 2.26 bits per heavy atom. The molecule has 0 atom stereocenters. The predicted molar refractivity (Wildman–Crippen MR) is 123 cm³/mol. The van der Waals surface area contributed by atoms with Gasteiger partial charge in [-0.2, -0.15) is 0 Å². The molecular weight excluding hydrogens is 394 g/mol. The number of benzene rings is 2. The highest BCUT2D eigenvalue weighted by atomic mass is 16.5. The maximum atomic E-state index is 12.6. The molecule has 2 aromatic rings. The van der Waals surface area contributed by atoms with Crippen LogP contribution in [0.2, 0.25) is 0 Å². The second-order valence-corrected chi connectivity index (χ2v) is 7.39. The van der Waals surface area contributed by atoms with Gasteiger partial charge in [0.25, 0.3) is 5.91 Å². The van der Waals surface area contributed by atoms with E-state index in [0.29, 0.717) is 37.9 Å². The second-order valence-electron chi connectivity index (χ2n) is 7.39. The van der Waals surface area contributed by atoms with E-state index in [0.717, 1.165) is 43.3 Å². The highest BCUT2D eigenvalue weighted by molar-refractivity contribution is 5.91. The number of rotatable bonds is 10. The molecule has 0 radical (unpaired) electrons. The highest BCUT2D eigenvalue weighted by Crippen LogP contribution is 2.30. The Kier molecular flexibility index (Phi) is 8.41. The van der Waals surface area contributed by atoms with E-state index in [-0.39, 0.29) is 5.91 Å². The first-order chi connectivity index (χ1) is 15.1. The largest absolute Gasteiger partial charge is 0.492 e. The molecule has 0 aromatic heterocycles. The van der Waals surface area contributed by atoms with E-state index in [2.05, 4.69) is 16.3 Å². The summed E-state index contributed by atoms with van der Waals surface area (Å²) in [4.78, 5) is 16.2. The average molecular weight is 429 g/mol. The summed E-state index contributed by atoms with van der Waals surface area (Å²) < 4.78 is 17.0. The van der Waals surface area contributed by atoms with Crippen LogP contribution in [-0.2, 0) is 4.79 Å². The third-order valence-corrected chi connectivity index (χ3v) is 5.21. The molecule has 168 valence electrons. The lowest BCUT2D eigenvalue weighted by Gasteiger charge is -2.34. The first-order valence-electron chi connectivity index (χ1n) is 11.1. The number of quaternary nitrogens is 1. The first-order valence-corrected chi connectivity index (χ1v) is 11.1. The minimum atomic E-state index is 0.00442. The van der Waals surface area contributed by atoms with Crippen molar-refractivity contribution < 1.29 is 23.9 Å². The van der Waals surface area contributed by atoms with Crippen LogP contribution in [0.4, 0.5) is 11.4 Å². The Morgan fingerprint density at radius 2 is 1.55 bits per heavy atom. The fourth-order valence-electron chi connectivity index (χ4n) is 3.80. The number of ether oxygens (including phenoxy) is 3. The molecule has 1 fully saturated rings. The number of carbonyl (C=O) groups is 1. The highest BCUT2D eigenvalue weighted by Gasteiger charge is 2.24. The molecule has 7 nitrogen and oxygen atoms in total. The summed E-state index contributed by atoms with van der Waals surface area (Å²) in [7, 11) is 0. The Hall–Kier alpha value is -2.93. The monoisotopic (exact) mass is 428 g/mol. The van der Waals surface area contributed by atoms with Gasteiger partial charge in [0.15, 0.2) is 18.0 Å². The predicted octanol–water partition coefficient (Wildman–Crippen LogP) is 2.23. The molecule has 2 N–H and O–H groups in total. The molecule has 1 aliphatic heterocycles. The SMILES string of the molecule is CCOc1ccc(NC(=O)C[NH+]2CCN(c3ccccc3OCC)CC2)cc1OCC. The molecule has 3 rings (SSSR count). The molecule has 1 heterocycles. The lowest BCUT2D eigenvalue weighted by atomic mass is 10.2. The van der Waals surface area contributed by atoms with Crippen LogP contribution >= 0.6 is 0 Å². The van der Waals surface area contributed by atoms with Crippen molar-refractivity contribution in [1.29, 1.82) is 0 Å². The molecule has 0 aliphatic carbocycles. The lowest BCUT2D eigenvalue weighted by molar-refractivity contribution is -0.892. The van der Waals surface area contributed by atoms with Gasteiger partial charge in [0.2, 0.25) is 0 Å². The van der Waals surface area contributed by atoms with Crippen LogP contribution in [0.1, 0.15) is 20.8 Å². The van der Waals surface area contributed by atoms with E-state index in [1.165, 1.54) is 4.90 Å². The zero-order valence-corrected chi connectivity index (χ0v) is 18.8. The maximum absolute atomic E-state index is 12.6. The number of para-hydroxylation sites is 2. The summed E-state index contributed by atoms with van der Waals surface area (Å²) in [5, 5.41) is 3.00. The smallest absolute Gasteiger partial charge is 0.279 e. The summed E-state index contributed by atoms with van der Waals surface area (Å²) in [6, 6.07) is 13.7. The topological polar surface area (TPSA) is 64.5 Å². The van der Waals surface area contributed by atoms with Gasteiger partial charge >= 0.3 is 0 Å². The Balaban J connectivity index is 1.53. The second kappa shape index (κ2) is 11.5. The Labute approximate surface area is 184 Å². The van der Waals surface area contributed by atoms with Crippen molar-refractivity contribution in [2.75, 3.05) is 62.8 Å². The van der Waals surface area contributed by atoms with Crippen molar-refractivity contribution in [2.24, 2.45) is 0 Å². The maximum Gasteiger partial charge on any atom is 0.279 e. The van der Waals surface area contributed by atoms with Crippen molar-refractivity contribution in [1.82, 2.24) is 0 Å². The summed E-state index contributed by atoms with van der Waals surface area (Å²) in [5.74, 6) is 2.27. The molecule has 31 heavy (non-hydrogen) atoms. The van der Waals surface area contributed by atoms with Crippen LogP contribution in [0.3, 0.4) is 0 Å². The molecule has 1 aliphatic rings. The van der Waals surface area contributed by atoms with Crippen LogP contribution in [-0.4, -0.2) is 58.5 Å². The standard InChI is InChI=1S/C24H33N3O4/c1-4-29-21-10-8-7-9-20(21)27-15-13-26(14-16-27)18-24(28)25-19-11-12-22(30-5-2)23(17-19)31-6-3/h7-12,17H,4-6,13-16,18H2,1-3H3,(H,25,28)/p+1. The van der Waals surface area contributed by atoms with E-state index >= 15 is 0 Å².